The summed E-state index contributed by atoms with van der Waals surface area (Å²) in [5.74, 6) is -0.0486. The minimum absolute atomic E-state index is 0.0486. The van der Waals surface area contributed by atoms with E-state index in [9.17, 15) is 8.42 Å². The number of nitrogen functional groups attached to an aromatic ring is 1. The van der Waals surface area contributed by atoms with E-state index in [0.717, 1.165) is 0 Å². The fraction of sp³-hybridized carbons (Fsp3) is 0.167. The molecule has 3 aromatic rings. The van der Waals surface area contributed by atoms with E-state index in [1.54, 1.807) is 38.2 Å². The second-order valence-electron chi connectivity index (χ2n) is 4.65. The monoisotopic (exact) mass is 306 g/mol. The Bertz CT molecular complexity index is 905. The largest absolute Gasteiger partial charge is 0.381 e. The molecule has 0 amide bonds. The molecular weight excluding hydrogens is 292 g/mol. The van der Waals surface area contributed by atoms with Gasteiger partial charge >= 0.3 is 0 Å². The number of imidazole rings is 1. The molecule has 3 heterocycles. The number of H-pyrrole nitrogens is 1. The maximum absolute atomic E-state index is 12.6. The Labute approximate surface area is 121 Å². The van der Waals surface area contributed by atoms with Gasteiger partial charge in [0.05, 0.1) is 17.1 Å². The number of nitrogens with zero attached hydrogens (tertiary/aromatic N) is 3. The first-order chi connectivity index (χ1) is 9.90. The van der Waals surface area contributed by atoms with Gasteiger partial charge in [-0.1, -0.05) is 6.07 Å². The van der Waals surface area contributed by atoms with Crippen molar-refractivity contribution in [1.29, 1.82) is 0 Å². The van der Waals surface area contributed by atoms with Crippen LogP contribution in [0.4, 0.5) is 11.5 Å². The van der Waals surface area contributed by atoms with E-state index in [1.807, 2.05) is 0 Å². The molecule has 0 atom stereocenters. The number of hydrogen-bond acceptors (Lipinski definition) is 5. The summed E-state index contributed by atoms with van der Waals surface area (Å²) in [6, 6.07) is 5.15. The first kappa shape index (κ1) is 13.4. The molecule has 0 radical (unpaired) electrons. The van der Waals surface area contributed by atoms with Crippen LogP contribution in [0.25, 0.3) is 5.65 Å². The predicted molar refractivity (Wildman–Crippen MR) is 78.5 cm³/mol. The van der Waals surface area contributed by atoms with E-state index in [-0.39, 0.29) is 10.8 Å². The first-order valence-corrected chi connectivity index (χ1v) is 7.65. The number of rotatable bonds is 3. The summed E-state index contributed by atoms with van der Waals surface area (Å²) in [4.78, 5) is 4.05. The Morgan fingerprint density at radius 3 is 2.76 bits per heavy atom. The Morgan fingerprint density at radius 1 is 1.33 bits per heavy atom. The third kappa shape index (κ3) is 2.11. The molecule has 0 aliphatic carbocycles. The van der Waals surface area contributed by atoms with E-state index in [4.69, 9.17) is 5.73 Å². The molecule has 0 aliphatic rings. The van der Waals surface area contributed by atoms with Gasteiger partial charge in [0.25, 0.3) is 10.0 Å². The number of sulfonamides is 1. The van der Waals surface area contributed by atoms with Crippen LogP contribution < -0.4 is 10.5 Å². The number of fused-ring (bicyclic) bond motifs is 1. The van der Waals surface area contributed by atoms with Crippen molar-refractivity contribution in [2.45, 2.75) is 18.9 Å². The molecule has 0 bridgehead atoms. The van der Waals surface area contributed by atoms with E-state index < -0.39 is 10.0 Å². The van der Waals surface area contributed by atoms with Crippen molar-refractivity contribution in [3.05, 3.63) is 35.8 Å². The van der Waals surface area contributed by atoms with Crippen LogP contribution in [-0.4, -0.2) is 28.0 Å². The van der Waals surface area contributed by atoms with Gasteiger partial charge in [0, 0.05) is 6.20 Å². The lowest BCUT2D eigenvalue weighted by Gasteiger charge is -2.08. The molecule has 3 rings (SSSR count). The Kier molecular flexibility index (Phi) is 2.87. The number of aryl methyl sites for hydroxylation is 2. The SMILES string of the molecule is Cc1n[nH]c(C)c1NS(=O)(=O)c1c(N)nc2ccccn12. The van der Waals surface area contributed by atoms with Gasteiger partial charge in [-0.2, -0.15) is 13.5 Å². The van der Waals surface area contributed by atoms with Crippen molar-refractivity contribution in [3.63, 3.8) is 0 Å². The van der Waals surface area contributed by atoms with Crippen LogP contribution in [0.1, 0.15) is 11.4 Å². The minimum Gasteiger partial charge on any atom is -0.381 e. The van der Waals surface area contributed by atoms with E-state index in [0.29, 0.717) is 22.7 Å². The normalized spacial score (nSPS) is 11.9. The molecule has 0 spiro atoms. The van der Waals surface area contributed by atoms with E-state index >= 15 is 0 Å². The van der Waals surface area contributed by atoms with E-state index in [1.165, 1.54) is 4.40 Å². The lowest BCUT2D eigenvalue weighted by Crippen LogP contribution is -2.17. The van der Waals surface area contributed by atoms with Gasteiger partial charge < -0.3 is 5.73 Å². The molecular formula is C12H14N6O2S. The number of anilines is 2. The highest BCUT2D eigenvalue weighted by Gasteiger charge is 2.25. The molecule has 0 saturated carbocycles. The van der Waals surface area contributed by atoms with Crippen molar-refractivity contribution >= 4 is 27.2 Å². The lowest BCUT2D eigenvalue weighted by atomic mass is 10.3. The molecule has 0 unspecified atom stereocenters. The van der Waals surface area contributed by atoms with Gasteiger partial charge in [-0.3, -0.25) is 14.2 Å². The molecule has 9 heteroatoms. The predicted octanol–water partition coefficient (Wildman–Crippen LogP) is 1.06. The van der Waals surface area contributed by atoms with Crippen LogP contribution in [0.2, 0.25) is 0 Å². The highest BCUT2D eigenvalue weighted by Crippen LogP contribution is 2.25. The lowest BCUT2D eigenvalue weighted by molar-refractivity contribution is 0.597. The van der Waals surface area contributed by atoms with Gasteiger partial charge in [0.15, 0.2) is 5.82 Å². The van der Waals surface area contributed by atoms with Crippen molar-refractivity contribution in [3.8, 4) is 0 Å². The zero-order valence-electron chi connectivity index (χ0n) is 11.5. The second kappa shape index (κ2) is 4.48. The zero-order chi connectivity index (χ0) is 15.2. The first-order valence-electron chi connectivity index (χ1n) is 6.17. The second-order valence-corrected chi connectivity index (χ2v) is 6.24. The molecule has 4 N–H and O–H groups in total. The number of hydrogen-bond donors (Lipinski definition) is 3. The number of nitrogens with two attached hydrogens (primary N) is 1. The number of aromatic amines is 1. The maximum atomic E-state index is 12.6. The van der Waals surface area contributed by atoms with Gasteiger partial charge in [-0.15, -0.1) is 0 Å². The fourth-order valence-electron chi connectivity index (χ4n) is 2.14. The summed E-state index contributed by atoms with van der Waals surface area (Å²) in [6.45, 7) is 3.44. The van der Waals surface area contributed by atoms with Gasteiger partial charge in [0.2, 0.25) is 5.03 Å². The van der Waals surface area contributed by atoms with Crippen molar-refractivity contribution in [2.75, 3.05) is 10.5 Å². The molecule has 0 aromatic carbocycles. The number of pyridine rings is 1. The molecule has 0 fully saturated rings. The molecule has 0 saturated heterocycles. The third-order valence-electron chi connectivity index (χ3n) is 3.13. The van der Waals surface area contributed by atoms with Crippen LogP contribution in [0.5, 0.6) is 0 Å². The molecule has 110 valence electrons. The maximum Gasteiger partial charge on any atom is 0.281 e. The summed E-state index contributed by atoms with van der Waals surface area (Å²) >= 11 is 0. The van der Waals surface area contributed by atoms with Crippen LogP contribution in [-0.2, 0) is 10.0 Å². The average molecular weight is 306 g/mol. The summed E-state index contributed by atoms with van der Waals surface area (Å²) < 4.78 is 29.2. The summed E-state index contributed by atoms with van der Waals surface area (Å²) in [7, 11) is -3.88. The fourth-order valence-corrected chi connectivity index (χ4v) is 3.54. The van der Waals surface area contributed by atoms with E-state index in [2.05, 4.69) is 19.9 Å². The van der Waals surface area contributed by atoms with Crippen LogP contribution in [0, 0.1) is 13.8 Å². The summed E-state index contributed by atoms with van der Waals surface area (Å²) in [6.07, 6.45) is 1.60. The van der Waals surface area contributed by atoms with Gasteiger partial charge in [-0.05, 0) is 26.0 Å². The summed E-state index contributed by atoms with van der Waals surface area (Å²) in [5, 5.41) is 6.60. The quantitative estimate of drug-likeness (QED) is 0.668. The topological polar surface area (TPSA) is 118 Å². The van der Waals surface area contributed by atoms with Crippen LogP contribution in [0.15, 0.2) is 29.4 Å². The highest BCUT2D eigenvalue weighted by atomic mass is 32.2. The number of nitrogens with one attached hydrogen (secondary N) is 2. The van der Waals surface area contributed by atoms with Gasteiger partial charge in [-0.25, -0.2) is 4.98 Å². The molecule has 21 heavy (non-hydrogen) atoms. The van der Waals surface area contributed by atoms with Crippen molar-refractivity contribution in [2.24, 2.45) is 0 Å². The Balaban J connectivity index is 2.15. The van der Waals surface area contributed by atoms with Crippen LogP contribution in [0.3, 0.4) is 0 Å². The average Bonchev–Trinajstić information content (AvgIpc) is 2.92. The Hall–Kier alpha value is -2.55. The Morgan fingerprint density at radius 2 is 2.10 bits per heavy atom. The molecule has 0 aliphatic heterocycles. The van der Waals surface area contributed by atoms with Crippen molar-refractivity contribution < 1.29 is 8.42 Å². The summed E-state index contributed by atoms with van der Waals surface area (Å²) in [5.41, 5.74) is 7.84. The molecule has 8 nitrogen and oxygen atoms in total. The highest BCUT2D eigenvalue weighted by molar-refractivity contribution is 7.92. The molecule has 3 aromatic heterocycles. The smallest absolute Gasteiger partial charge is 0.281 e. The van der Waals surface area contributed by atoms with Crippen LogP contribution >= 0.6 is 0 Å². The van der Waals surface area contributed by atoms with Crippen molar-refractivity contribution in [1.82, 2.24) is 19.6 Å². The third-order valence-corrected chi connectivity index (χ3v) is 4.52. The number of aromatic nitrogens is 4. The standard InChI is InChI=1S/C12H14N6O2S/c1-7-10(8(2)16-15-7)17-21(19,20)12-11(13)14-9-5-3-4-6-18(9)12/h3-6,17H,13H2,1-2H3,(H,15,16). The van der Waals surface area contributed by atoms with Gasteiger partial charge in [0.1, 0.15) is 5.65 Å². The minimum atomic E-state index is -3.88. The zero-order valence-corrected chi connectivity index (χ0v) is 12.3.